The number of aromatic nitrogens is 4. The zero-order valence-corrected chi connectivity index (χ0v) is 12.1. The van der Waals surface area contributed by atoms with E-state index < -0.39 is 5.97 Å². The van der Waals surface area contributed by atoms with E-state index in [0.29, 0.717) is 23.0 Å². The van der Waals surface area contributed by atoms with Crippen molar-refractivity contribution in [2.45, 2.75) is 26.2 Å². The Morgan fingerprint density at radius 1 is 1.20 bits per heavy atom. The standard InChI is InChI=1S/C10H11N5O3S2/c1-5-12-15-10(19-5)11-8(18)9-14-13-6(20-9)3-2-4-7(16)17/h2-4H2,1H3,(H,16,17)(H,11,15,18). The quantitative estimate of drug-likeness (QED) is 0.826. The number of nitrogens with zero attached hydrogens (tertiary/aromatic N) is 4. The summed E-state index contributed by atoms with van der Waals surface area (Å²) in [6, 6.07) is 0. The van der Waals surface area contributed by atoms with Gasteiger partial charge in [0.1, 0.15) is 10.0 Å². The molecule has 8 nitrogen and oxygen atoms in total. The molecule has 0 aliphatic rings. The van der Waals surface area contributed by atoms with Crippen LogP contribution >= 0.6 is 22.7 Å². The third kappa shape index (κ3) is 4.03. The summed E-state index contributed by atoms with van der Waals surface area (Å²) >= 11 is 2.42. The van der Waals surface area contributed by atoms with Gasteiger partial charge in [0.15, 0.2) is 0 Å². The van der Waals surface area contributed by atoms with Crippen LogP contribution in [-0.4, -0.2) is 37.4 Å². The minimum atomic E-state index is -0.848. The lowest BCUT2D eigenvalue weighted by atomic mass is 10.2. The molecule has 1 amide bonds. The molecule has 0 aliphatic heterocycles. The predicted octanol–water partition coefficient (Wildman–Crippen LogP) is 1.36. The second-order valence-electron chi connectivity index (χ2n) is 3.83. The number of carboxylic acids is 1. The van der Waals surface area contributed by atoms with Crippen LogP contribution in [0.15, 0.2) is 0 Å². The van der Waals surface area contributed by atoms with Crippen LogP contribution in [0.4, 0.5) is 5.13 Å². The summed E-state index contributed by atoms with van der Waals surface area (Å²) in [6.45, 7) is 1.79. The highest BCUT2D eigenvalue weighted by Crippen LogP contribution is 2.17. The maximum atomic E-state index is 11.9. The maximum absolute atomic E-state index is 11.9. The van der Waals surface area contributed by atoms with Crippen molar-refractivity contribution in [3.63, 3.8) is 0 Å². The van der Waals surface area contributed by atoms with Gasteiger partial charge in [0.25, 0.3) is 5.91 Å². The zero-order chi connectivity index (χ0) is 14.5. The lowest BCUT2D eigenvalue weighted by Crippen LogP contribution is -2.11. The molecule has 0 radical (unpaired) electrons. The Bertz CT molecular complexity index is 624. The van der Waals surface area contributed by atoms with E-state index >= 15 is 0 Å². The highest BCUT2D eigenvalue weighted by Gasteiger charge is 2.14. The van der Waals surface area contributed by atoms with E-state index in [2.05, 4.69) is 25.7 Å². The number of hydrogen-bond acceptors (Lipinski definition) is 8. The third-order valence-electron chi connectivity index (χ3n) is 2.19. The molecule has 0 fully saturated rings. The Hall–Kier alpha value is -1.94. The van der Waals surface area contributed by atoms with Gasteiger partial charge in [-0.3, -0.25) is 14.9 Å². The van der Waals surface area contributed by atoms with E-state index in [-0.39, 0.29) is 17.3 Å². The molecule has 2 aromatic rings. The molecular formula is C10H11N5O3S2. The van der Waals surface area contributed by atoms with Crippen LogP contribution in [0.2, 0.25) is 0 Å². The van der Waals surface area contributed by atoms with Crippen molar-refractivity contribution in [3.8, 4) is 0 Å². The number of carbonyl (C=O) groups is 2. The van der Waals surface area contributed by atoms with Crippen LogP contribution < -0.4 is 5.32 Å². The Labute approximate surface area is 121 Å². The Balaban J connectivity index is 1.90. The van der Waals surface area contributed by atoms with Crippen LogP contribution in [-0.2, 0) is 11.2 Å². The summed E-state index contributed by atoms with van der Waals surface area (Å²) in [7, 11) is 0. The van der Waals surface area contributed by atoms with Crippen molar-refractivity contribution in [3.05, 3.63) is 15.0 Å². The first kappa shape index (κ1) is 14.5. The molecule has 0 saturated heterocycles. The molecule has 0 aromatic carbocycles. The summed E-state index contributed by atoms with van der Waals surface area (Å²) in [5, 5.41) is 28.4. The van der Waals surface area contributed by atoms with Gasteiger partial charge in [0, 0.05) is 12.8 Å². The molecule has 2 N–H and O–H groups in total. The van der Waals surface area contributed by atoms with Gasteiger partial charge in [-0.1, -0.05) is 22.7 Å². The molecule has 2 rings (SSSR count). The van der Waals surface area contributed by atoms with Crippen molar-refractivity contribution >= 4 is 39.7 Å². The van der Waals surface area contributed by atoms with Gasteiger partial charge in [-0.15, -0.1) is 20.4 Å². The summed E-state index contributed by atoms with van der Waals surface area (Å²) in [5.74, 6) is -1.23. The van der Waals surface area contributed by atoms with Crippen LogP contribution in [0.5, 0.6) is 0 Å². The SMILES string of the molecule is Cc1nnc(NC(=O)c2nnc(CCCC(=O)O)s2)s1. The zero-order valence-electron chi connectivity index (χ0n) is 10.5. The van der Waals surface area contributed by atoms with Gasteiger partial charge < -0.3 is 5.11 Å². The summed E-state index contributed by atoms with van der Waals surface area (Å²) in [5.41, 5.74) is 0. The Morgan fingerprint density at radius 3 is 2.65 bits per heavy atom. The number of rotatable bonds is 6. The van der Waals surface area contributed by atoms with Gasteiger partial charge in [0.05, 0.1) is 0 Å². The topological polar surface area (TPSA) is 118 Å². The number of nitrogens with one attached hydrogen (secondary N) is 1. The lowest BCUT2D eigenvalue weighted by Gasteiger charge is -1.94. The van der Waals surface area contributed by atoms with Gasteiger partial charge in [0.2, 0.25) is 10.1 Å². The van der Waals surface area contributed by atoms with Crippen molar-refractivity contribution in [1.29, 1.82) is 0 Å². The fraction of sp³-hybridized carbons (Fsp3) is 0.400. The maximum Gasteiger partial charge on any atom is 0.303 e. The second-order valence-corrected chi connectivity index (χ2v) is 6.07. The largest absolute Gasteiger partial charge is 0.481 e. The highest BCUT2D eigenvalue weighted by atomic mass is 32.1. The number of carbonyl (C=O) groups excluding carboxylic acids is 1. The molecule has 20 heavy (non-hydrogen) atoms. The fourth-order valence-corrected chi connectivity index (χ4v) is 2.70. The summed E-state index contributed by atoms with van der Waals surface area (Å²) in [6.07, 6.45) is 1.04. The summed E-state index contributed by atoms with van der Waals surface area (Å²) < 4.78 is 0. The van der Waals surface area contributed by atoms with Crippen molar-refractivity contribution in [1.82, 2.24) is 20.4 Å². The number of aliphatic carboxylic acids is 1. The first-order chi connectivity index (χ1) is 9.54. The molecular weight excluding hydrogens is 302 g/mol. The van der Waals surface area contributed by atoms with Gasteiger partial charge in [-0.25, -0.2) is 0 Å². The average molecular weight is 313 g/mol. The smallest absolute Gasteiger partial charge is 0.303 e. The Morgan fingerprint density at radius 2 is 2.00 bits per heavy atom. The Kier molecular flexibility index (Phi) is 4.69. The fourth-order valence-electron chi connectivity index (χ4n) is 1.33. The number of hydrogen-bond donors (Lipinski definition) is 2. The van der Waals surface area contributed by atoms with E-state index in [9.17, 15) is 9.59 Å². The molecule has 0 atom stereocenters. The molecule has 0 spiro atoms. The monoisotopic (exact) mass is 313 g/mol. The van der Waals surface area contributed by atoms with E-state index in [1.54, 1.807) is 6.92 Å². The summed E-state index contributed by atoms with van der Waals surface area (Å²) in [4.78, 5) is 22.3. The number of carboxylic acid groups (broad SMARTS) is 1. The van der Waals surface area contributed by atoms with Crippen LogP contribution in [0.3, 0.4) is 0 Å². The predicted molar refractivity (Wildman–Crippen MR) is 73.1 cm³/mol. The van der Waals surface area contributed by atoms with Crippen LogP contribution in [0.25, 0.3) is 0 Å². The molecule has 10 heteroatoms. The van der Waals surface area contributed by atoms with Crippen LogP contribution in [0, 0.1) is 6.92 Å². The number of aryl methyl sites for hydroxylation is 2. The number of anilines is 1. The molecule has 2 aromatic heterocycles. The van der Waals surface area contributed by atoms with E-state index in [1.165, 1.54) is 11.3 Å². The van der Waals surface area contributed by atoms with Gasteiger partial charge in [-0.05, 0) is 13.3 Å². The minimum Gasteiger partial charge on any atom is -0.481 e. The second kappa shape index (κ2) is 6.48. The number of amides is 1. The van der Waals surface area contributed by atoms with E-state index in [1.807, 2.05) is 0 Å². The highest BCUT2D eigenvalue weighted by molar-refractivity contribution is 7.15. The molecule has 106 valence electrons. The minimum absolute atomic E-state index is 0.0746. The van der Waals surface area contributed by atoms with Gasteiger partial charge in [-0.2, -0.15) is 0 Å². The normalized spacial score (nSPS) is 10.4. The third-order valence-corrected chi connectivity index (χ3v) is 3.92. The molecule has 0 saturated carbocycles. The van der Waals surface area contributed by atoms with Crippen molar-refractivity contribution < 1.29 is 14.7 Å². The molecule has 0 aliphatic carbocycles. The van der Waals surface area contributed by atoms with Crippen molar-refractivity contribution in [2.24, 2.45) is 0 Å². The molecule has 2 heterocycles. The van der Waals surface area contributed by atoms with Crippen LogP contribution in [0.1, 0.15) is 32.7 Å². The average Bonchev–Trinajstić information content (AvgIpc) is 2.98. The lowest BCUT2D eigenvalue weighted by molar-refractivity contribution is -0.137. The molecule has 0 unspecified atom stereocenters. The first-order valence-electron chi connectivity index (χ1n) is 5.70. The first-order valence-corrected chi connectivity index (χ1v) is 7.33. The van der Waals surface area contributed by atoms with E-state index in [0.717, 1.165) is 16.3 Å². The van der Waals surface area contributed by atoms with Gasteiger partial charge >= 0.3 is 5.97 Å². The molecule has 0 bridgehead atoms. The van der Waals surface area contributed by atoms with Crippen molar-refractivity contribution in [2.75, 3.05) is 5.32 Å². The van der Waals surface area contributed by atoms with E-state index in [4.69, 9.17) is 5.11 Å².